The van der Waals surface area contributed by atoms with Crippen LogP contribution in [0, 0.1) is 0 Å². The quantitative estimate of drug-likeness (QED) is 0.338. The smallest absolute Gasteiger partial charge is 0.0553 e. The van der Waals surface area contributed by atoms with Crippen LogP contribution in [0.25, 0.3) is 0 Å². The molecule has 1 aliphatic rings. The van der Waals surface area contributed by atoms with Crippen LogP contribution >= 0.6 is 25.3 Å². The average molecular weight is 106 g/mol. The molecular formula is C3H6S2. The molecule has 1 fully saturated rings. The minimum Gasteiger partial charge on any atom is -0.162 e. The van der Waals surface area contributed by atoms with E-state index in [-0.39, 0.29) is 4.08 Å². The summed E-state index contributed by atoms with van der Waals surface area (Å²) in [6.45, 7) is 0. The van der Waals surface area contributed by atoms with Crippen LogP contribution < -0.4 is 0 Å². The Balaban J connectivity index is 2.38. The molecule has 30 valence electrons. The van der Waals surface area contributed by atoms with Crippen molar-refractivity contribution in [2.24, 2.45) is 0 Å². The highest BCUT2D eigenvalue weighted by Gasteiger charge is 2.33. The van der Waals surface area contributed by atoms with E-state index in [0.29, 0.717) is 0 Å². The molecule has 2 heteroatoms. The lowest BCUT2D eigenvalue weighted by Gasteiger charge is -1.84. The number of hydrogen-bond acceptors (Lipinski definition) is 2. The summed E-state index contributed by atoms with van der Waals surface area (Å²) in [5, 5.41) is 0. The lowest BCUT2D eigenvalue weighted by molar-refractivity contribution is 1.44. The fourth-order valence-corrected chi connectivity index (χ4v) is 0.335. The van der Waals surface area contributed by atoms with Crippen molar-refractivity contribution < 1.29 is 0 Å². The Morgan fingerprint density at radius 2 is 1.40 bits per heavy atom. The van der Waals surface area contributed by atoms with Gasteiger partial charge in [-0.15, -0.1) is 0 Å². The molecule has 0 amide bonds. The van der Waals surface area contributed by atoms with E-state index in [0.717, 1.165) is 0 Å². The Kier molecular flexibility index (Phi) is 0.659. The van der Waals surface area contributed by atoms with Crippen LogP contribution in [-0.2, 0) is 0 Å². The molecule has 0 spiro atoms. The average Bonchev–Trinajstić information content (AvgIpc) is 1.76. The lowest BCUT2D eigenvalue weighted by atomic mass is 10.9. The first-order valence-electron chi connectivity index (χ1n) is 1.65. The highest BCUT2D eigenvalue weighted by atomic mass is 32.2. The monoisotopic (exact) mass is 106 g/mol. The highest BCUT2D eigenvalue weighted by Crippen LogP contribution is 2.45. The van der Waals surface area contributed by atoms with E-state index < -0.39 is 0 Å². The number of hydrogen-bond donors (Lipinski definition) is 2. The highest BCUT2D eigenvalue weighted by molar-refractivity contribution is 8.01. The summed E-state index contributed by atoms with van der Waals surface area (Å²) in [6, 6.07) is 0. The number of thiol groups is 2. The van der Waals surface area contributed by atoms with Crippen molar-refractivity contribution in [2.75, 3.05) is 0 Å². The van der Waals surface area contributed by atoms with E-state index in [1.54, 1.807) is 0 Å². The third-order valence-electron chi connectivity index (χ3n) is 0.697. The van der Waals surface area contributed by atoms with E-state index >= 15 is 0 Å². The summed E-state index contributed by atoms with van der Waals surface area (Å²) in [4.78, 5) is 0. The molecule has 0 unspecified atom stereocenters. The van der Waals surface area contributed by atoms with Crippen molar-refractivity contribution in [1.29, 1.82) is 0 Å². The zero-order valence-corrected chi connectivity index (χ0v) is 4.60. The van der Waals surface area contributed by atoms with Crippen molar-refractivity contribution in [3.63, 3.8) is 0 Å². The standard InChI is InChI=1S/C3H6S2/c4-3(5)1-2-3/h4-5H,1-2H2. The van der Waals surface area contributed by atoms with Gasteiger partial charge in [0.05, 0.1) is 4.08 Å². The Hall–Kier alpha value is 0.700. The third kappa shape index (κ3) is 1.05. The summed E-state index contributed by atoms with van der Waals surface area (Å²) in [6.07, 6.45) is 2.36. The van der Waals surface area contributed by atoms with Gasteiger partial charge < -0.3 is 0 Å². The normalized spacial score (nSPS) is 30.0. The van der Waals surface area contributed by atoms with E-state index in [4.69, 9.17) is 0 Å². The summed E-state index contributed by atoms with van der Waals surface area (Å²) >= 11 is 8.20. The molecule has 0 bridgehead atoms. The molecule has 1 rings (SSSR count). The van der Waals surface area contributed by atoms with E-state index in [1.165, 1.54) is 12.8 Å². The molecule has 0 aromatic rings. The molecule has 0 heterocycles. The molecular weight excluding hydrogens is 100 g/mol. The van der Waals surface area contributed by atoms with Crippen LogP contribution in [0.4, 0.5) is 0 Å². The zero-order valence-electron chi connectivity index (χ0n) is 2.81. The van der Waals surface area contributed by atoms with Crippen molar-refractivity contribution >= 4 is 25.3 Å². The van der Waals surface area contributed by atoms with Gasteiger partial charge >= 0.3 is 0 Å². The van der Waals surface area contributed by atoms with E-state index in [9.17, 15) is 0 Å². The largest absolute Gasteiger partial charge is 0.162 e. The summed E-state index contributed by atoms with van der Waals surface area (Å²) in [7, 11) is 0. The van der Waals surface area contributed by atoms with E-state index in [2.05, 4.69) is 25.3 Å². The Labute approximate surface area is 42.8 Å². The second-order valence-corrected chi connectivity index (χ2v) is 3.55. The third-order valence-corrected chi connectivity index (χ3v) is 1.59. The fraction of sp³-hybridized carbons (Fsp3) is 1.00. The van der Waals surface area contributed by atoms with Gasteiger partial charge in [-0.3, -0.25) is 0 Å². The van der Waals surface area contributed by atoms with Gasteiger partial charge in [0.25, 0.3) is 0 Å². The molecule has 0 nitrogen and oxygen atoms in total. The van der Waals surface area contributed by atoms with Crippen molar-refractivity contribution in [3.05, 3.63) is 0 Å². The minimum atomic E-state index is 0.139. The predicted octanol–water partition coefficient (Wildman–Crippen LogP) is 1.34. The molecule has 0 saturated heterocycles. The van der Waals surface area contributed by atoms with Gasteiger partial charge in [-0.2, -0.15) is 25.3 Å². The first kappa shape index (κ1) is 3.88. The van der Waals surface area contributed by atoms with Crippen LogP contribution in [0.1, 0.15) is 12.8 Å². The fourth-order valence-electron chi connectivity index (χ4n) is 0.112. The van der Waals surface area contributed by atoms with Gasteiger partial charge in [0.2, 0.25) is 0 Å². The molecule has 1 saturated carbocycles. The molecule has 1 aliphatic carbocycles. The topological polar surface area (TPSA) is 0 Å². The van der Waals surface area contributed by atoms with Gasteiger partial charge in [0, 0.05) is 0 Å². The van der Waals surface area contributed by atoms with Crippen LogP contribution in [-0.4, -0.2) is 4.08 Å². The SMILES string of the molecule is SC1(S)CC1. The maximum atomic E-state index is 4.10. The first-order chi connectivity index (χ1) is 2.21. The molecule has 0 N–H and O–H groups in total. The molecule has 0 radical (unpaired) electrons. The van der Waals surface area contributed by atoms with Crippen LogP contribution in [0.15, 0.2) is 0 Å². The van der Waals surface area contributed by atoms with E-state index in [1.807, 2.05) is 0 Å². The summed E-state index contributed by atoms with van der Waals surface area (Å²) in [5.74, 6) is 0. The van der Waals surface area contributed by atoms with Crippen LogP contribution in [0.5, 0.6) is 0 Å². The second kappa shape index (κ2) is 0.850. The maximum Gasteiger partial charge on any atom is 0.0553 e. The Morgan fingerprint density at radius 1 is 1.20 bits per heavy atom. The summed E-state index contributed by atoms with van der Waals surface area (Å²) in [5.41, 5.74) is 0. The summed E-state index contributed by atoms with van der Waals surface area (Å²) < 4.78 is 0.139. The molecule has 0 aromatic carbocycles. The van der Waals surface area contributed by atoms with Gasteiger partial charge in [-0.1, -0.05) is 0 Å². The molecule has 0 atom stereocenters. The first-order valence-corrected chi connectivity index (χ1v) is 2.55. The lowest BCUT2D eigenvalue weighted by Crippen LogP contribution is -1.74. The van der Waals surface area contributed by atoms with Crippen molar-refractivity contribution in [2.45, 2.75) is 16.9 Å². The predicted molar refractivity (Wildman–Crippen MR) is 29.9 cm³/mol. The van der Waals surface area contributed by atoms with Gasteiger partial charge in [-0.05, 0) is 12.8 Å². The van der Waals surface area contributed by atoms with Crippen molar-refractivity contribution in [1.82, 2.24) is 0 Å². The minimum absolute atomic E-state index is 0.139. The van der Waals surface area contributed by atoms with Gasteiger partial charge in [0.1, 0.15) is 0 Å². The molecule has 0 aliphatic heterocycles. The van der Waals surface area contributed by atoms with Crippen molar-refractivity contribution in [3.8, 4) is 0 Å². The second-order valence-electron chi connectivity index (χ2n) is 1.48. The maximum absolute atomic E-state index is 4.10. The molecule has 5 heavy (non-hydrogen) atoms. The van der Waals surface area contributed by atoms with Gasteiger partial charge in [-0.25, -0.2) is 0 Å². The zero-order chi connectivity index (χ0) is 3.91. The Bertz CT molecular complexity index is 42.9. The molecule has 0 aromatic heterocycles. The van der Waals surface area contributed by atoms with Crippen LogP contribution in [0.3, 0.4) is 0 Å². The Morgan fingerprint density at radius 3 is 1.40 bits per heavy atom. The van der Waals surface area contributed by atoms with Gasteiger partial charge in [0.15, 0.2) is 0 Å². The van der Waals surface area contributed by atoms with Crippen LogP contribution in [0.2, 0.25) is 0 Å². The number of rotatable bonds is 0.